The summed E-state index contributed by atoms with van der Waals surface area (Å²) in [5, 5.41) is 5.74. The fraction of sp³-hybridized carbons (Fsp3) is 0.250. The smallest absolute Gasteiger partial charge is 0.262 e. The lowest BCUT2D eigenvalue weighted by molar-refractivity contribution is -0.126. The Labute approximate surface area is 228 Å². The van der Waals surface area contributed by atoms with E-state index < -0.39 is 5.92 Å². The first-order valence-electron chi connectivity index (χ1n) is 12.1. The third-order valence-electron chi connectivity index (χ3n) is 6.38. The Morgan fingerprint density at radius 1 is 1.05 bits per heavy atom. The normalized spacial score (nSPS) is 15.9. The van der Waals surface area contributed by atoms with Crippen molar-refractivity contribution in [3.05, 3.63) is 76.3 Å². The molecular weight excluding hydrogens is 554 g/mol. The number of fused-ring (bicyclic) bond motifs is 1. The van der Waals surface area contributed by atoms with Crippen LogP contribution in [0.5, 0.6) is 17.2 Å². The maximum atomic E-state index is 12.7. The van der Waals surface area contributed by atoms with E-state index in [0.29, 0.717) is 36.0 Å². The van der Waals surface area contributed by atoms with Crippen LogP contribution >= 0.6 is 15.9 Å². The van der Waals surface area contributed by atoms with Crippen molar-refractivity contribution in [2.45, 2.75) is 19.9 Å². The van der Waals surface area contributed by atoms with Crippen molar-refractivity contribution in [3.63, 3.8) is 0 Å². The third-order valence-corrected chi connectivity index (χ3v) is 6.87. The maximum Gasteiger partial charge on any atom is 0.262 e. The first-order chi connectivity index (χ1) is 18.4. The van der Waals surface area contributed by atoms with Crippen molar-refractivity contribution in [3.8, 4) is 17.2 Å². The standard InChI is InChI=1S/C28H26BrN3O6/c1-17-10-20(29)3-8-23(17)31-26(33)15-36-22-6-4-21(5-7-22)32-14-19(12-27(32)34)28(35)30-13-18-2-9-24-25(11-18)38-16-37-24/h2-11,19H,12-16H2,1H3,(H,30,35)(H,31,33)/t19-/m0/s1. The summed E-state index contributed by atoms with van der Waals surface area (Å²) in [7, 11) is 0. The molecule has 196 valence electrons. The zero-order valence-electron chi connectivity index (χ0n) is 20.7. The van der Waals surface area contributed by atoms with Crippen molar-refractivity contribution in [2.24, 2.45) is 5.92 Å². The summed E-state index contributed by atoms with van der Waals surface area (Å²) in [6.07, 6.45) is 0.140. The van der Waals surface area contributed by atoms with E-state index >= 15 is 0 Å². The third kappa shape index (κ3) is 5.91. The molecule has 38 heavy (non-hydrogen) atoms. The first-order valence-corrected chi connectivity index (χ1v) is 12.9. The molecule has 2 aliphatic rings. The number of ether oxygens (including phenoxy) is 3. The fourth-order valence-electron chi connectivity index (χ4n) is 4.34. The summed E-state index contributed by atoms with van der Waals surface area (Å²) in [6.45, 7) is 2.58. The van der Waals surface area contributed by atoms with Gasteiger partial charge in [-0.3, -0.25) is 14.4 Å². The minimum atomic E-state index is -0.446. The molecule has 3 amide bonds. The van der Waals surface area contributed by atoms with E-state index in [1.54, 1.807) is 29.2 Å². The zero-order valence-corrected chi connectivity index (χ0v) is 22.2. The van der Waals surface area contributed by atoms with Gasteiger partial charge in [0.1, 0.15) is 5.75 Å². The maximum absolute atomic E-state index is 12.7. The summed E-state index contributed by atoms with van der Waals surface area (Å²) in [5.41, 5.74) is 3.22. The van der Waals surface area contributed by atoms with Crippen LogP contribution < -0.4 is 29.7 Å². The molecule has 0 saturated carbocycles. The molecule has 10 heteroatoms. The molecule has 1 fully saturated rings. The predicted octanol–water partition coefficient (Wildman–Crippen LogP) is 4.17. The van der Waals surface area contributed by atoms with E-state index in [0.717, 1.165) is 21.3 Å². The highest BCUT2D eigenvalue weighted by atomic mass is 79.9. The molecule has 0 bridgehead atoms. The van der Waals surface area contributed by atoms with Crippen LogP contribution in [0.3, 0.4) is 0 Å². The van der Waals surface area contributed by atoms with Gasteiger partial charge in [-0.2, -0.15) is 0 Å². The van der Waals surface area contributed by atoms with E-state index in [1.807, 2.05) is 43.3 Å². The summed E-state index contributed by atoms with van der Waals surface area (Å²) >= 11 is 3.40. The molecule has 1 saturated heterocycles. The van der Waals surface area contributed by atoms with E-state index in [-0.39, 0.29) is 37.5 Å². The highest BCUT2D eigenvalue weighted by Crippen LogP contribution is 2.32. The number of hydrogen-bond acceptors (Lipinski definition) is 6. The monoisotopic (exact) mass is 579 g/mol. The molecule has 0 unspecified atom stereocenters. The van der Waals surface area contributed by atoms with Gasteiger partial charge >= 0.3 is 0 Å². The highest BCUT2D eigenvalue weighted by molar-refractivity contribution is 9.10. The van der Waals surface area contributed by atoms with E-state index in [1.165, 1.54) is 0 Å². The topological polar surface area (TPSA) is 106 Å². The molecule has 0 spiro atoms. The van der Waals surface area contributed by atoms with Crippen LogP contribution in [0.2, 0.25) is 0 Å². The molecule has 2 N–H and O–H groups in total. The van der Waals surface area contributed by atoms with Gasteiger partial charge in [-0.1, -0.05) is 22.0 Å². The first kappa shape index (κ1) is 25.6. The lowest BCUT2D eigenvalue weighted by Crippen LogP contribution is -2.32. The van der Waals surface area contributed by atoms with Crippen molar-refractivity contribution >= 4 is 45.0 Å². The van der Waals surface area contributed by atoms with Crippen LogP contribution in [-0.2, 0) is 20.9 Å². The van der Waals surface area contributed by atoms with Gasteiger partial charge in [0.15, 0.2) is 18.1 Å². The lowest BCUT2D eigenvalue weighted by atomic mass is 10.1. The van der Waals surface area contributed by atoms with E-state index in [2.05, 4.69) is 26.6 Å². The molecule has 2 heterocycles. The Morgan fingerprint density at radius 3 is 2.63 bits per heavy atom. The van der Waals surface area contributed by atoms with E-state index in [9.17, 15) is 14.4 Å². The Kier molecular flexibility index (Phi) is 7.50. The van der Waals surface area contributed by atoms with E-state index in [4.69, 9.17) is 14.2 Å². The summed E-state index contributed by atoms with van der Waals surface area (Å²) in [4.78, 5) is 39.3. The summed E-state index contributed by atoms with van der Waals surface area (Å²) < 4.78 is 17.2. The van der Waals surface area contributed by atoms with Gasteiger partial charge in [0.2, 0.25) is 18.6 Å². The van der Waals surface area contributed by atoms with Gasteiger partial charge in [0.25, 0.3) is 5.91 Å². The highest BCUT2D eigenvalue weighted by Gasteiger charge is 2.35. The largest absolute Gasteiger partial charge is 0.484 e. The average Bonchev–Trinajstić information content (AvgIpc) is 3.54. The second kappa shape index (κ2) is 11.1. The minimum absolute atomic E-state index is 0.119. The fourth-order valence-corrected chi connectivity index (χ4v) is 4.82. The summed E-state index contributed by atoms with van der Waals surface area (Å²) in [5.74, 6) is 0.832. The zero-order chi connectivity index (χ0) is 26.6. The van der Waals surface area contributed by atoms with Crippen LogP contribution in [0.1, 0.15) is 17.5 Å². The molecule has 0 aromatic heterocycles. The van der Waals surface area contributed by atoms with Crippen LogP contribution in [0.4, 0.5) is 11.4 Å². The second-order valence-electron chi connectivity index (χ2n) is 9.10. The second-order valence-corrected chi connectivity index (χ2v) is 10.0. The van der Waals surface area contributed by atoms with Gasteiger partial charge in [-0.15, -0.1) is 0 Å². The Balaban J connectivity index is 1.11. The van der Waals surface area contributed by atoms with Gasteiger partial charge in [-0.05, 0) is 72.6 Å². The molecule has 0 radical (unpaired) electrons. The summed E-state index contributed by atoms with van der Waals surface area (Å²) in [6, 6.07) is 18.0. The molecular formula is C28H26BrN3O6. The van der Waals surface area contributed by atoms with Crippen molar-refractivity contribution in [1.82, 2.24) is 5.32 Å². The van der Waals surface area contributed by atoms with Crippen molar-refractivity contribution < 1.29 is 28.6 Å². The number of nitrogens with one attached hydrogen (secondary N) is 2. The van der Waals surface area contributed by atoms with Crippen LogP contribution in [0, 0.1) is 12.8 Å². The number of nitrogens with zero attached hydrogens (tertiary/aromatic N) is 1. The molecule has 1 atom stereocenters. The average molecular weight is 580 g/mol. The Morgan fingerprint density at radius 2 is 1.84 bits per heavy atom. The minimum Gasteiger partial charge on any atom is -0.484 e. The molecule has 0 aliphatic carbocycles. The SMILES string of the molecule is Cc1cc(Br)ccc1NC(=O)COc1ccc(N2C[C@@H](C(=O)NCc3ccc4c(c3)OCO4)CC2=O)cc1. The number of aryl methyl sites for hydroxylation is 1. The Bertz CT molecular complexity index is 1380. The van der Waals surface area contributed by atoms with Crippen LogP contribution in [0.25, 0.3) is 0 Å². The predicted molar refractivity (Wildman–Crippen MR) is 144 cm³/mol. The molecule has 2 aliphatic heterocycles. The number of anilines is 2. The quantitative estimate of drug-likeness (QED) is 0.415. The van der Waals surface area contributed by atoms with Gasteiger partial charge in [0.05, 0.1) is 5.92 Å². The number of carbonyl (C=O) groups is 3. The Hall–Kier alpha value is -4.05. The lowest BCUT2D eigenvalue weighted by Gasteiger charge is -2.17. The number of amides is 3. The molecule has 3 aromatic rings. The number of rotatable bonds is 8. The van der Waals surface area contributed by atoms with Crippen molar-refractivity contribution in [2.75, 3.05) is 30.2 Å². The molecule has 3 aromatic carbocycles. The number of halogens is 1. The van der Waals surface area contributed by atoms with Gasteiger partial charge in [0, 0.05) is 35.4 Å². The van der Waals surface area contributed by atoms with Gasteiger partial charge in [-0.25, -0.2) is 0 Å². The van der Waals surface area contributed by atoms with Crippen LogP contribution in [0.15, 0.2) is 65.1 Å². The number of carbonyl (C=O) groups excluding carboxylic acids is 3. The van der Waals surface area contributed by atoms with Crippen molar-refractivity contribution in [1.29, 1.82) is 0 Å². The molecule has 5 rings (SSSR count). The van der Waals surface area contributed by atoms with Gasteiger partial charge < -0.3 is 29.7 Å². The molecule has 9 nitrogen and oxygen atoms in total. The van der Waals surface area contributed by atoms with Crippen LogP contribution in [-0.4, -0.2) is 37.7 Å². The number of hydrogen-bond donors (Lipinski definition) is 2. The number of benzene rings is 3.